The first kappa shape index (κ1) is 9.18. The number of nitrogens with one attached hydrogen (secondary N) is 1. The minimum absolute atomic E-state index is 0.0139. The predicted octanol–water partition coefficient (Wildman–Crippen LogP) is 0.493. The zero-order chi connectivity index (χ0) is 9.84. The molecule has 2 amide bonds. The van der Waals surface area contributed by atoms with Gasteiger partial charge in [0.05, 0.1) is 5.69 Å². The number of benzene rings is 1. The summed E-state index contributed by atoms with van der Waals surface area (Å²) < 4.78 is 13.0. The van der Waals surface area contributed by atoms with Gasteiger partial charge in [0.25, 0.3) is 0 Å². The highest BCUT2D eigenvalue weighted by molar-refractivity contribution is 5.93. The Balaban J connectivity index is 3.04. The van der Waals surface area contributed by atoms with Gasteiger partial charge in [-0.05, 0) is 18.2 Å². The molecule has 0 saturated heterocycles. The Bertz CT molecular complexity index is 352. The Morgan fingerprint density at radius 3 is 2.69 bits per heavy atom. The average Bonchev–Trinajstić information content (AvgIpc) is 2.08. The highest BCUT2D eigenvalue weighted by atomic mass is 19.1. The van der Waals surface area contributed by atoms with Gasteiger partial charge in [-0.15, -0.1) is 0 Å². The molecule has 68 valence electrons. The van der Waals surface area contributed by atoms with Crippen molar-refractivity contribution in [2.75, 3.05) is 5.32 Å². The third-order valence-corrected chi connectivity index (χ3v) is 1.47. The molecule has 0 heterocycles. The number of amides is 2. The molecule has 0 aliphatic rings. The van der Waals surface area contributed by atoms with Crippen LogP contribution in [0.15, 0.2) is 18.2 Å². The first-order chi connectivity index (χ1) is 6.15. The largest absolute Gasteiger partial charge is 0.366 e. The molecule has 1 rings (SSSR count). The van der Waals surface area contributed by atoms with E-state index in [1.807, 2.05) is 0 Å². The molecular weight excluding hydrogens is 175 g/mol. The lowest BCUT2D eigenvalue weighted by Crippen LogP contribution is -2.11. The van der Waals surface area contributed by atoms with Gasteiger partial charge < -0.3 is 11.1 Å². The molecule has 13 heavy (non-hydrogen) atoms. The van der Waals surface area contributed by atoms with Crippen LogP contribution in [-0.2, 0) is 4.79 Å². The second kappa shape index (κ2) is 3.66. The number of hydrogen-bond acceptors (Lipinski definition) is 2. The minimum atomic E-state index is -0.712. The summed E-state index contributed by atoms with van der Waals surface area (Å²) in [6.45, 7) is 0. The summed E-state index contributed by atoms with van der Waals surface area (Å²) in [5.41, 5.74) is 4.99. The predicted molar refractivity (Wildman–Crippen MR) is 44.6 cm³/mol. The number of carbonyl (C=O) groups is 2. The summed E-state index contributed by atoms with van der Waals surface area (Å²) in [4.78, 5) is 20.6. The molecule has 4 nitrogen and oxygen atoms in total. The van der Waals surface area contributed by atoms with E-state index in [0.29, 0.717) is 6.41 Å². The zero-order valence-electron chi connectivity index (χ0n) is 6.58. The zero-order valence-corrected chi connectivity index (χ0v) is 6.58. The highest BCUT2D eigenvalue weighted by Gasteiger charge is 2.05. The average molecular weight is 182 g/mol. The van der Waals surface area contributed by atoms with Crippen LogP contribution in [0.2, 0.25) is 0 Å². The van der Waals surface area contributed by atoms with Gasteiger partial charge in [0.15, 0.2) is 0 Å². The lowest BCUT2D eigenvalue weighted by atomic mass is 10.2. The fourth-order valence-electron chi connectivity index (χ4n) is 0.849. The normalized spacial score (nSPS) is 9.31. The van der Waals surface area contributed by atoms with E-state index in [-0.39, 0.29) is 11.3 Å². The van der Waals surface area contributed by atoms with Crippen LogP contribution in [-0.4, -0.2) is 12.3 Å². The van der Waals surface area contributed by atoms with Crippen LogP contribution in [0.1, 0.15) is 10.4 Å². The van der Waals surface area contributed by atoms with Crippen molar-refractivity contribution in [3.8, 4) is 0 Å². The number of rotatable bonds is 3. The first-order valence-electron chi connectivity index (χ1n) is 3.44. The maximum atomic E-state index is 13.0. The van der Waals surface area contributed by atoms with E-state index in [4.69, 9.17) is 5.73 Å². The van der Waals surface area contributed by atoms with Gasteiger partial charge in [0, 0.05) is 5.56 Å². The summed E-state index contributed by atoms with van der Waals surface area (Å²) in [6, 6.07) is 3.56. The Kier molecular flexibility index (Phi) is 2.59. The van der Waals surface area contributed by atoms with Gasteiger partial charge in [-0.1, -0.05) is 0 Å². The first-order valence-corrected chi connectivity index (χ1v) is 3.44. The molecule has 0 aromatic heterocycles. The van der Waals surface area contributed by atoms with Crippen molar-refractivity contribution in [3.05, 3.63) is 29.6 Å². The topological polar surface area (TPSA) is 72.2 Å². The van der Waals surface area contributed by atoms with Crippen LogP contribution in [0.4, 0.5) is 10.1 Å². The van der Waals surface area contributed by atoms with Crippen LogP contribution in [0, 0.1) is 5.82 Å². The minimum Gasteiger partial charge on any atom is -0.366 e. The van der Waals surface area contributed by atoms with Crippen molar-refractivity contribution >= 4 is 18.0 Å². The summed E-state index contributed by atoms with van der Waals surface area (Å²) in [5.74, 6) is -1.40. The smallest absolute Gasteiger partial charge is 0.248 e. The molecule has 0 spiro atoms. The molecule has 0 radical (unpaired) electrons. The van der Waals surface area contributed by atoms with Crippen molar-refractivity contribution in [1.82, 2.24) is 0 Å². The molecular formula is C8H7FN2O2. The Morgan fingerprint density at radius 1 is 1.54 bits per heavy atom. The van der Waals surface area contributed by atoms with Gasteiger partial charge in [0.1, 0.15) is 5.82 Å². The van der Waals surface area contributed by atoms with Gasteiger partial charge in [-0.3, -0.25) is 9.59 Å². The summed E-state index contributed by atoms with van der Waals surface area (Å²) in [6.07, 6.45) is 0.350. The van der Waals surface area contributed by atoms with Crippen molar-refractivity contribution in [2.45, 2.75) is 0 Å². The van der Waals surface area contributed by atoms with Crippen molar-refractivity contribution in [2.24, 2.45) is 5.73 Å². The lowest BCUT2D eigenvalue weighted by Gasteiger charge is -2.01. The number of anilines is 1. The molecule has 0 aliphatic carbocycles. The standard InChI is InChI=1S/C8H7FN2O2/c9-6-3-5(8(10)13)1-2-7(6)11-4-12/h1-4H,(H2,10,13)(H,11,12). The Hall–Kier alpha value is -1.91. The van der Waals surface area contributed by atoms with Gasteiger partial charge in [-0.2, -0.15) is 0 Å². The van der Waals surface area contributed by atoms with E-state index < -0.39 is 11.7 Å². The number of halogens is 1. The van der Waals surface area contributed by atoms with E-state index in [9.17, 15) is 14.0 Å². The van der Waals surface area contributed by atoms with E-state index >= 15 is 0 Å². The molecule has 3 N–H and O–H groups in total. The lowest BCUT2D eigenvalue weighted by molar-refractivity contribution is -0.105. The van der Waals surface area contributed by atoms with Crippen molar-refractivity contribution < 1.29 is 14.0 Å². The van der Waals surface area contributed by atoms with Crippen molar-refractivity contribution in [3.63, 3.8) is 0 Å². The SMILES string of the molecule is NC(=O)c1ccc(NC=O)c(F)c1. The summed E-state index contributed by atoms with van der Waals surface area (Å²) in [5, 5.41) is 2.13. The van der Waals surface area contributed by atoms with E-state index in [0.717, 1.165) is 6.07 Å². The fraction of sp³-hybridized carbons (Fsp3) is 0. The molecule has 0 bridgehead atoms. The molecule has 0 fully saturated rings. The van der Waals surface area contributed by atoms with Crippen LogP contribution in [0.5, 0.6) is 0 Å². The van der Waals surface area contributed by atoms with E-state index in [2.05, 4.69) is 5.32 Å². The van der Waals surface area contributed by atoms with Gasteiger partial charge in [-0.25, -0.2) is 4.39 Å². The molecule has 0 atom stereocenters. The van der Waals surface area contributed by atoms with Crippen LogP contribution >= 0.6 is 0 Å². The van der Waals surface area contributed by atoms with Gasteiger partial charge >= 0.3 is 0 Å². The van der Waals surface area contributed by atoms with Crippen LogP contribution in [0.3, 0.4) is 0 Å². The monoisotopic (exact) mass is 182 g/mol. The Labute approximate surface area is 73.5 Å². The summed E-state index contributed by atoms with van der Waals surface area (Å²) in [7, 11) is 0. The molecule has 5 heteroatoms. The number of primary amides is 1. The molecule has 0 saturated carbocycles. The second-order valence-electron chi connectivity index (χ2n) is 2.32. The maximum absolute atomic E-state index is 13.0. The molecule has 0 aliphatic heterocycles. The van der Waals surface area contributed by atoms with Crippen molar-refractivity contribution in [1.29, 1.82) is 0 Å². The van der Waals surface area contributed by atoms with E-state index in [1.54, 1.807) is 0 Å². The van der Waals surface area contributed by atoms with E-state index in [1.165, 1.54) is 12.1 Å². The second-order valence-corrected chi connectivity index (χ2v) is 2.32. The number of nitrogens with two attached hydrogens (primary N) is 1. The maximum Gasteiger partial charge on any atom is 0.248 e. The molecule has 0 unspecified atom stereocenters. The number of carbonyl (C=O) groups excluding carboxylic acids is 2. The third kappa shape index (κ3) is 2.02. The Morgan fingerprint density at radius 2 is 2.23 bits per heavy atom. The van der Waals surface area contributed by atoms with Crippen LogP contribution in [0.25, 0.3) is 0 Å². The number of hydrogen-bond donors (Lipinski definition) is 2. The quantitative estimate of drug-likeness (QED) is 0.668. The fourth-order valence-corrected chi connectivity index (χ4v) is 0.849. The molecule has 1 aromatic carbocycles. The third-order valence-electron chi connectivity index (χ3n) is 1.47. The summed E-state index contributed by atoms with van der Waals surface area (Å²) >= 11 is 0. The molecule has 1 aromatic rings. The van der Waals surface area contributed by atoms with Gasteiger partial charge in [0.2, 0.25) is 12.3 Å². The highest BCUT2D eigenvalue weighted by Crippen LogP contribution is 2.14. The van der Waals surface area contributed by atoms with Crippen LogP contribution < -0.4 is 11.1 Å².